The van der Waals surface area contributed by atoms with Crippen LogP contribution in [0.25, 0.3) is 163 Å². The fourth-order valence-electron chi connectivity index (χ4n) is 19.2. The van der Waals surface area contributed by atoms with Crippen LogP contribution in [-0.2, 0) is 0 Å². The molecule has 6 nitrogen and oxygen atoms in total. The molecule has 6 heteroatoms. The zero-order valence-corrected chi connectivity index (χ0v) is 69.3. The number of rotatable bonds is 12. The molecular weight excluding hydrogens is 1490 g/mol. The third-order valence-corrected chi connectivity index (χ3v) is 25.2. The molecule has 24 aromatic rings. The maximum atomic E-state index is 4.75. The van der Waals surface area contributed by atoms with E-state index < -0.39 is 0 Å². The first-order valence-corrected chi connectivity index (χ1v) is 42.4. The highest BCUT2D eigenvalue weighted by molar-refractivity contribution is 6.33. The maximum Gasteiger partial charge on any atom is 0.0780 e. The average molecular weight is 1570 g/mol. The number of hydrogen-bond acceptors (Lipinski definition) is 6. The summed E-state index contributed by atoms with van der Waals surface area (Å²) in [5, 5.41) is 26.4. The summed E-state index contributed by atoms with van der Waals surface area (Å²) in [6, 6.07) is 139. The van der Waals surface area contributed by atoms with Crippen molar-refractivity contribution in [2.45, 2.75) is 41.5 Å². The minimum Gasteiger partial charge on any atom is -0.311 e. The van der Waals surface area contributed by atoms with Crippen molar-refractivity contribution in [2.24, 2.45) is 0 Å². The number of aromatic nitrogens is 3. The smallest absolute Gasteiger partial charge is 0.0780 e. The second-order valence-electron chi connectivity index (χ2n) is 33.0. The number of fused-ring (bicyclic) bond motifs is 6. The van der Waals surface area contributed by atoms with Gasteiger partial charge in [0.05, 0.1) is 16.6 Å². The van der Waals surface area contributed by atoms with Crippen LogP contribution in [0.4, 0.5) is 51.2 Å². The first-order valence-electron chi connectivity index (χ1n) is 42.4. The standard InChI is InChI=1S/3C39H28N2/c1-25-6-3-9-32(22-25)41(33-10-4-7-26(2)23-33)31-16-13-27(14-17-31)34-18-15-28-11-12-29-24-30-8-5-21-40-39(30)36-20-19-35(34)37(28)38(29)36;1-25-8-3-5-11-35(25)41(36-12-6-4-9-26(36)2)31-18-15-27(16-19-31)32-20-17-28-13-14-29-24-30-10-7-23-40-39(30)34-22-21-33(32)37(28)38(29)34;1-25-5-14-31(15-6-25)41(32-16-7-26(2)8-17-32)33-18-11-27(12-19-33)34-20-13-28-9-10-29-24-30-4-3-23-40-39(30)36-22-21-35(34)37(28)38(29)36/h3*3-24H,1-2H3. The highest BCUT2D eigenvalue weighted by atomic mass is 15.2. The molecule has 0 saturated carbocycles. The Hall–Kier alpha value is -15.6. The zero-order valence-electron chi connectivity index (χ0n) is 69.3. The van der Waals surface area contributed by atoms with Gasteiger partial charge in [-0.25, -0.2) is 0 Å². The molecule has 123 heavy (non-hydrogen) atoms. The average Bonchev–Trinajstić information content (AvgIpc) is 0.729. The Labute approximate surface area is 714 Å². The number of hydrogen-bond donors (Lipinski definition) is 0. The van der Waals surface area contributed by atoms with Crippen molar-refractivity contribution in [1.82, 2.24) is 15.0 Å². The second kappa shape index (κ2) is 30.3. The Morgan fingerprint density at radius 2 is 0.463 bits per heavy atom. The Balaban J connectivity index is 0.000000110. The van der Waals surface area contributed by atoms with Gasteiger partial charge in [-0.05, 0) is 311 Å². The molecule has 0 bridgehead atoms. The predicted octanol–water partition coefficient (Wildman–Crippen LogP) is 32.7. The van der Waals surface area contributed by atoms with Crippen molar-refractivity contribution in [3.05, 3.63) is 434 Å². The van der Waals surface area contributed by atoms with Gasteiger partial charge in [-0.2, -0.15) is 0 Å². The molecule has 0 aliphatic carbocycles. The van der Waals surface area contributed by atoms with Crippen LogP contribution in [0.5, 0.6) is 0 Å². The van der Waals surface area contributed by atoms with Crippen LogP contribution < -0.4 is 14.7 Å². The van der Waals surface area contributed by atoms with E-state index in [2.05, 4.69) is 420 Å². The Morgan fingerprint density at radius 3 is 0.797 bits per heavy atom. The molecule has 0 N–H and O–H groups in total. The summed E-state index contributed by atoms with van der Waals surface area (Å²) in [7, 11) is 0. The molecule has 3 heterocycles. The Morgan fingerprint density at radius 1 is 0.179 bits per heavy atom. The van der Waals surface area contributed by atoms with E-state index in [9.17, 15) is 0 Å². The number of benzene rings is 21. The SMILES string of the molecule is Cc1ccc(N(c2ccc(C)cc2)c2ccc(-c3ccc4ccc5cc6cccnc6c6ccc3c4c56)cc2)cc1.Cc1cccc(N(c2ccc(-c3ccc4ccc5cc6cccnc6c6ccc3c4c56)cc2)c2cccc(C)c2)c1.Cc1ccccc1N(c1ccc(-c2ccc3ccc4cc5cccnc5c5ccc2c3c45)cc1)c1ccccc1C. The van der Waals surface area contributed by atoms with Gasteiger partial charge in [-0.1, -0.05) is 260 Å². The lowest BCUT2D eigenvalue weighted by atomic mass is 9.89. The topological polar surface area (TPSA) is 48.4 Å². The summed E-state index contributed by atoms with van der Waals surface area (Å²) in [5.41, 5.74) is 28.5. The number of para-hydroxylation sites is 2. The van der Waals surface area contributed by atoms with E-state index in [1.165, 1.54) is 191 Å². The monoisotopic (exact) mass is 1570 g/mol. The maximum absolute atomic E-state index is 4.75. The Bertz CT molecular complexity index is 8040. The largest absolute Gasteiger partial charge is 0.311 e. The van der Waals surface area contributed by atoms with Crippen LogP contribution in [0.1, 0.15) is 33.4 Å². The highest BCUT2D eigenvalue weighted by Gasteiger charge is 2.23. The molecule has 3 aromatic heterocycles. The molecule has 0 unspecified atom stereocenters. The van der Waals surface area contributed by atoms with Crippen molar-refractivity contribution in [1.29, 1.82) is 0 Å². The van der Waals surface area contributed by atoms with Gasteiger partial charge in [0.15, 0.2) is 0 Å². The molecule has 0 amide bonds. The van der Waals surface area contributed by atoms with Crippen molar-refractivity contribution in [3.63, 3.8) is 0 Å². The van der Waals surface area contributed by atoms with Crippen molar-refractivity contribution in [3.8, 4) is 33.4 Å². The van der Waals surface area contributed by atoms with E-state index in [1.54, 1.807) is 0 Å². The van der Waals surface area contributed by atoms with Crippen LogP contribution in [0.2, 0.25) is 0 Å². The molecule has 0 atom stereocenters. The van der Waals surface area contributed by atoms with E-state index in [0.717, 1.165) is 56.4 Å². The van der Waals surface area contributed by atoms with Crippen molar-refractivity contribution >= 4 is 181 Å². The van der Waals surface area contributed by atoms with Crippen LogP contribution in [0, 0.1) is 41.5 Å². The summed E-state index contributed by atoms with van der Waals surface area (Å²) in [4.78, 5) is 21.3. The number of aryl methyl sites for hydroxylation is 6. The number of pyridine rings is 3. The molecule has 24 rings (SSSR count). The first-order chi connectivity index (χ1) is 60.4. The van der Waals surface area contributed by atoms with Crippen molar-refractivity contribution in [2.75, 3.05) is 14.7 Å². The van der Waals surface area contributed by atoms with Gasteiger partial charge < -0.3 is 14.7 Å². The summed E-state index contributed by atoms with van der Waals surface area (Å²) in [6.07, 6.45) is 5.68. The normalized spacial score (nSPS) is 11.7. The van der Waals surface area contributed by atoms with E-state index in [0.29, 0.717) is 0 Å². The summed E-state index contributed by atoms with van der Waals surface area (Å²) in [5.74, 6) is 0. The fraction of sp³-hybridized carbons (Fsp3) is 0.0513. The summed E-state index contributed by atoms with van der Waals surface area (Å²) >= 11 is 0. The minimum atomic E-state index is 1.07. The second-order valence-corrected chi connectivity index (χ2v) is 33.0. The Kier molecular flexibility index (Phi) is 18.2. The minimum absolute atomic E-state index is 1.07. The van der Waals surface area contributed by atoms with E-state index in [1.807, 2.05) is 36.8 Å². The van der Waals surface area contributed by atoms with Gasteiger partial charge in [0.2, 0.25) is 0 Å². The highest BCUT2D eigenvalue weighted by Crippen LogP contribution is 2.49. The molecule has 582 valence electrons. The quantitative estimate of drug-likeness (QED) is 0.0897. The lowest BCUT2D eigenvalue weighted by Crippen LogP contribution is -2.12. The first kappa shape index (κ1) is 73.7. The summed E-state index contributed by atoms with van der Waals surface area (Å²) < 4.78 is 0. The van der Waals surface area contributed by atoms with Gasteiger partial charge in [-0.15, -0.1) is 0 Å². The third kappa shape index (κ3) is 13.0. The zero-order chi connectivity index (χ0) is 82.5. The van der Waals surface area contributed by atoms with Crippen LogP contribution >= 0.6 is 0 Å². The number of anilines is 9. The van der Waals surface area contributed by atoms with Gasteiger partial charge >= 0.3 is 0 Å². The van der Waals surface area contributed by atoms with Crippen LogP contribution in [-0.4, -0.2) is 15.0 Å². The van der Waals surface area contributed by atoms with Crippen LogP contribution in [0.15, 0.2) is 401 Å². The third-order valence-electron chi connectivity index (χ3n) is 25.2. The molecule has 0 spiro atoms. The van der Waals surface area contributed by atoms with Gasteiger partial charge in [0, 0.05) is 102 Å². The van der Waals surface area contributed by atoms with Gasteiger partial charge in [0.1, 0.15) is 0 Å². The lowest BCUT2D eigenvalue weighted by molar-refractivity contribution is 1.23. The van der Waals surface area contributed by atoms with Gasteiger partial charge in [-0.3, -0.25) is 15.0 Å². The van der Waals surface area contributed by atoms with E-state index in [-0.39, 0.29) is 0 Å². The van der Waals surface area contributed by atoms with Gasteiger partial charge in [0.25, 0.3) is 0 Å². The molecular formula is C117H84N6. The molecule has 0 saturated heterocycles. The molecule has 0 radical (unpaired) electrons. The van der Waals surface area contributed by atoms with Crippen LogP contribution in [0.3, 0.4) is 0 Å². The van der Waals surface area contributed by atoms with E-state index >= 15 is 0 Å². The molecule has 0 fully saturated rings. The fourth-order valence-corrected chi connectivity index (χ4v) is 19.2. The van der Waals surface area contributed by atoms with Crippen molar-refractivity contribution < 1.29 is 0 Å². The number of nitrogens with zero attached hydrogens (tertiary/aromatic N) is 6. The molecule has 21 aromatic carbocycles. The molecule has 0 aliphatic rings. The predicted molar refractivity (Wildman–Crippen MR) is 525 cm³/mol. The lowest BCUT2D eigenvalue weighted by Gasteiger charge is -2.28. The molecule has 0 aliphatic heterocycles. The van der Waals surface area contributed by atoms with E-state index in [4.69, 9.17) is 15.0 Å². The summed E-state index contributed by atoms with van der Waals surface area (Å²) in [6.45, 7) is 12.9.